The van der Waals surface area contributed by atoms with Crippen molar-refractivity contribution in [3.63, 3.8) is 0 Å². The SMILES string of the molecule is O=C(N[C@H](C(=O)NCC(=O)N1C[C@@H]2CCC[C@@H]2[C@H]1C(=O)N[C@H]1CCOB1O)C1CCCCC1)c1cnccn1. The normalized spacial score (nSPS) is 27.6. The number of hydrogen-bond acceptors (Lipinski definition) is 8. The molecule has 12 nitrogen and oxygen atoms in total. The zero-order valence-corrected chi connectivity index (χ0v) is 22.1. The summed E-state index contributed by atoms with van der Waals surface area (Å²) < 4.78 is 5.16. The summed E-state index contributed by atoms with van der Waals surface area (Å²) in [4.78, 5) is 62.4. The molecule has 4 amide bonds. The van der Waals surface area contributed by atoms with E-state index in [0.29, 0.717) is 19.6 Å². The van der Waals surface area contributed by atoms with Gasteiger partial charge < -0.3 is 30.5 Å². The van der Waals surface area contributed by atoms with Gasteiger partial charge in [0.2, 0.25) is 17.7 Å². The Morgan fingerprint density at radius 1 is 1.08 bits per heavy atom. The number of rotatable bonds is 8. The molecule has 0 aromatic carbocycles. The van der Waals surface area contributed by atoms with E-state index in [-0.39, 0.29) is 41.8 Å². The van der Waals surface area contributed by atoms with Crippen LogP contribution in [0.1, 0.15) is 68.3 Å². The molecule has 3 heterocycles. The Morgan fingerprint density at radius 3 is 2.62 bits per heavy atom. The van der Waals surface area contributed by atoms with Crippen LogP contribution in [-0.2, 0) is 19.0 Å². The minimum Gasteiger partial charge on any atom is -0.426 e. The quantitative estimate of drug-likeness (QED) is 0.330. The van der Waals surface area contributed by atoms with Gasteiger partial charge in [0, 0.05) is 25.5 Å². The van der Waals surface area contributed by atoms with E-state index in [9.17, 15) is 24.2 Å². The monoisotopic (exact) mass is 540 g/mol. The van der Waals surface area contributed by atoms with Gasteiger partial charge in [-0.15, -0.1) is 0 Å². The van der Waals surface area contributed by atoms with Gasteiger partial charge in [-0.1, -0.05) is 25.7 Å². The summed E-state index contributed by atoms with van der Waals surface area (Å²) in [5.41, 5.74) is 0.123. The molecule has 0 bridgehead atoms. The summed E-state index contributed by atoms with van der Waals surface area (Å²) in [7, 11) is -1.05. The van der Waals surface area contributed by atoms with Crippen LogP contribution in [0.25, 0.3) is 0 Å². The van der Waals surface area contributed by atoms with Gasteiger partial charge in [0.15, 0.2) is 0 Å². The second-order valence-corrected chi connectivity index (χ2v) is 11.2. The Morgan fingerprint density at radius 2 is 1.90 bits per heavy atom. The topological polar surface area (TPSA) is 163 Å². The van der Waals surface area contributed by atoms with Crippen molar-refractivity contribution in [3.8, 4) is 0 Å². The van der Waals surface area contributed by atoms with Crippen LogP contribution in [-0.4, -0.2) is 88.4 Å². The summed E-state index contributed by atoms with van der Waals surface area (Å²) in [5, 5.41) is 18.4. The van der Waals surface area contributed by atoms with E-state index in [1.165, 1.54) is 18.6 Å². The lowest BCUT2D eigenvalue weighted by Gasteiger charge is -2.31. The molecule has 1 aromatic heterocycles. The van der Waals surface area contributed by atoms with Gasteiger partial charge >= 0.3 is 7.12 Å². The van der Waals surface area contributed by atoms with Crippen LogP contribution in [0.4, 0.5) is 0 Å². The number of fused-ring (bicyclic) bond motifs is 1. The van der Waals surface area contributed by atoms with Crippen LogP contribution in [0.15, 0.2) is 18.6 Å². The van der Waals surface area contributed by atoms with Crippen molar-refractivity contribution in [2.75, 3.05) is 19.7 Å². The molecule has 1 aromatic rings. The molecule has 39 heavy (non-hydrogen) atoms. The third kappa shape index (κ3) is 6.24. The van der Waals surface area contributed by atoms with E-state index < -0.39 is 37.0 Å². The van der Waals surface area contributed by atoms with E-state index in [2.05, 4.69) is 25.9 Å². The van der Waals surface area contributed by atoms with Crippen molar-refractivity contribution in [1.82, 2.24) is 30.8 Å². The minimum atomic E-state index is -1.05. The number of carbonyl (C=O) groups is 4. The van der Waals surface area contributed by atoms with Crippen molar-refractivity contribution in [2.45, 2.75) is 75.8 Å². The highest BCUT2D eigenvalue weighted by Gasteiger charge is 2.50. The number of aromatic nitrogens is 2. The number of nitrogens with zero attached hydrogens (tertiary/aromatic N) is 3. The number of hydrogen-bond donors (Lipinski definition) is 4. The molecule has 210 valence electrons. The Labute approximate surface area is 228 Å². The van der Waals surface area contributed by atoms with Crippen molar-refractivity contribution < 1.29 is 28.9 Å². The fourth-order valence-electron chi connectivity index (χ4n) is 6.75. The zero-order valence-electron chi connectivity index (χ0n) is 22.1. The average molecular weight is 540 g/mol. The number of carbonyl (C=O) groups excluding carboxylic acids is 4. The summed E-state index contributed by atoms with van der Waals surface area (Å²) >= 11 is 0. The first-order chi connectivity index (χ1) is 18.9. The maximum Gasteiger partial charge on any atom is 0.478 e. The van der Waals surface area contributed by atoms with Crippen molar-refractivity contribution in [3.05, 3.63) is 24.3 Å². The summed E-state index contributed by atoms with van der Waals surface area (Å²) in [5.74, 6) is -1.75. The zero-order chi connectivity index (χ0) is 27.4. The van der Waals surface area contributed by atoms with Crippen LogP contribution >= 0.6 is 0 Å². The highest BCUT2D eigenvalue weighted by molar-refractivity contribution is 6.46. The molecule has 0 radical (unpaired) electrons. The molecule has 13 heteroatoms. The first-order valence-corrected chi connectivity index (χ1v) is 14.2. The third-order valence-corrected chi connectivity index (χ3v) is 8.77. The molecule has 4 aliphatic rings. The van der Waals surface area contributed by atoms with Gasteiger partial charge in [0.1, 0.15) is 17.8 Å². The molecule has 2 aliphatic carbocycles. The number of nitrogens with one attached hydrogen (secondary N) is 3. The Kier molecular flexibility index (Phi) is 8.76. The largest absolute Gasteiger partial charge is 0.478 e. The maximum absolute atomic E-state index is 13.4. The van der Waals surface area contributed by atoms with Gasteiger partial charge in [-0.3, -0.25) is 24.2 Å². The Bertz CT molecular complexity index is 1060. The molecule has 5 atom stereocenters. The fraction of sp³-hybridized carbons (Fsp3) is 0.692. The smallest absolute Gasteiger partial charge is 0.426 e. The van der Waals surface area contributed by atoms with Gasteiger partial charge in [0.05, 0.1) is 18.7 Å². The molecule has 4 fully saturated rings. The molecule has 2 saturated carbocycles. The van der Waals surface area contributed by atoms with Crippen LogP contribution in [0, 0.1) is 17.8 Å². The standard InChI is InChI=1S/C26H37BN6O6/c34-21(33-15-17-7-4-8-18(17)23(33)26(37)31-20-9-12-39-27(20)38)14-30-25(36)22(16-5-2-1-3-6-16)32-24(35)19-13-28-10-11-29-19/h10-11,13,16-18,20,22-23,38H,1-9,12,14-15H2,(H,30,36)(H,31,37)(H,32,35)/t17-,18-,20-,22-,23-/m0/s1. The molecular weight excluding hydrogens is 503 g/mol. The van der Waals surface area contributed by atoms with Gasteiger partial charge in [-0.05, 0) is 49.9 Å². The molecule has 2 aliphatic heterocycles. The molecule has 4 N–H and O–H groups in total. The molecule has 5 rings (SSSR count). The molecule has 2 saturated heterocycles. The number of amides is 4. The first-order valence-electron chi connectivity index (χ1n) is 14.2. The van der Waals surface area contributed by atoms with Crippen LogP contribution in [0.5, 0.6) is 0 Å². The lowest BCUT2D eigenvalue weighted by atomic mass is 9.80. The molecular formula is C26H37BN6O6. The highest BCUT2D eigenvalue weighted by Crippen LogP contribution is 2.42. The maximum atomic E-state index is 13.4. The van der Waals surface area contributed by atoms with E-state index in [0.717, 1.165) is 51.4 Å². The van der Waals surface area contributed by atoms with Gasteiger partial charge in [-0.2, -0.15) is 0 Å². The molecule has 0 spiro atoms. The summed E-state index contributed by atoms with van der Waals surface area (Å²) in [6, 6.07) is -1.44. The lowest BCUT2D eigenvalue weighted by Crippen LogP contribution is -2.56. The van der Waals surface area contributed by atoms with Crippen LogP contribution in [0.3, 0.4) is 0 Å². The highest BCUT2D eigenvalue weighted by atomic mass is 16.5. The second kappa shape index (κ2) is 12.4. The van der Waals surface area contributed by atoms with Gasteiger partial charge in [0.25, 0.3) is 5.91 Å². The Balaban J connectivity index is 1.23. The van der Waals surface area contributed by atoms with E-state index in [4.69, 9.17) is 4.65 Å². The molecule has 0 unspecified atom stereocenters. The van der Waals surface area contributed by atoms with Crippen LogP contribution < -0.4 is 16.0 Å². The predicted octanol–water partition coefficient (Wildman–Crippen LogP) is -0.177. The number of likely N-dealkylation sites (tertiary alicyclic amines) is 1. The summed E-state index contributed by atoms with van der Waals surface area (Å²) in [6.45, 7) is 0.575. The van der Waals surface area contributed by atoms with Gasteiger partial charge in [-0.25, -0.2) is 4.98 Å². The van der Waals surface area contributed by atoms with Crippen molar-refractivity contribution in [2.24, 2.45) is 17.8 Å². The third-order valence-electron chi connectivity index (χ3n) is 8.77. The summed E-state index contributed by atoms with van der Waals surface area (Å²) in [6.07, 6.45) is 12.2. The van der Waals surface area contributed by atoms with E-state index in [1.807, 2.05) is 0 Å². The van der Waals surface area contributed by atoms with E-state index in [1.54, 1.807) is 4.90 Å². The van der Waals surface area contributed by atoms with Crippen molar-refractivity contribution in [1.29, 1.82) is 0 Å². The first kappa shape index (κ1) is 27.5. The second-order valence-electron chi connectivity index (χ2n) is 11.2. The predicted molar refractivity (Wildman–Crippen MR) is 140 cm³/mol. The lowest BCUT2D eigenvalue weighted by molar-refractivity contribution is -0.140. The fourth-order valence-corrected chi connectivity index (χ4v) is 6.75. The van der Waals surface area contributed by atoms with Crippen LogP contribution in [0.2, 0.25) is 0 Å². The van der Waals surface area contributed by atoms with Crippen molar-refractivity contribution >= 4 is 30.7 Å². The Hall–Kier alpha value is -3.06. The average Bonchev–Trinajstić information content (AvgIpc) is 3.67. The minimum absolute atomic E-state index is 0.0424. The van der Waals surface area contributed by atoms with E-state index >= 15 is 0 Å².